The summed E-state index contributed by atoms with van der Waals surface area (Å²) in [6.45, 7) is 0.0895. The first-order valence-electron chi connectivity index (χ1n) is 4.79. The van der Waals surface area contributed by atoms with Crippen LogP contribution >= 0.6 is 0 Å². The Hall–Kier alpha value is -2.08. The van der Waals surface area contributed by atoms with E-state index >= 15 is 0 Å². The lowest BCUT2D eigenvalue weighted by Crippen LogP contribution is -1.92. The number of hydrogen-bond donors (Lipinski definition) is 2. The molecule has 0 atom stereocenters. The molecule has 0 fully saturated rings. The van der Waals surface area contributed by atoms with Crippen LogP contribution in [0.3, 0.4) is 0 Å². The highest BCUT2D eigenvalue weighted by Gasteiger charge is 2.15. The van der Waals surface area contributed by atoms with Crippen molar-refractivity contribution in [2.24, 2.45) is 0 Å². The molecule has 2 aromatic rings. The Morgan fingerprint density at radius 1 is 1.31 bits per heavy atom. The van der Waals surface area contributed by atoms with E-state index in [4.69, 9.17) is 14.6 Å². The number of ether oxygens (including phenoxy) is 2. The maximum atomic E-state index is 8.87. The largest absolute Gasteiger partial charge is 0.454 e. The van der Waals surface area contributed by atoms with Gasteiger partial charge in [-0.1, -0.05) is 0 Å². The molecule has 1 aromatic carbocycles. The first kappa shape index (κ1) is 9.17. The van der Waals surface area contributed by atoms with Gasteiger partial charge in [0.15, 0.2) is 23.1 Å². The highest BCUT2D eigenvalue weighted by atomic mass is 16.7. The zero-order chi connectivity index (χ0) is 11.0. The van der Waals surface area contributed by atoms with Gasteiger partial charge in [0, 0.05) is 5.56 Å². The molecule has 0 saturated carbocycles. The third-order valence-electron chi connectivity index (χ3n) is 2.31. The number of aromatic nitrogens is 3. The molecule has 0 aliphatic carbocycles. The minimum Gasteiger partial charge on any atom is -0.454 e. The Morgan fingerprint density at radius 2 is 2.19 bits per heavy atom. The molecule has 16 heavy (non-hydrogen) atoms. The van der Waals surface area contributed by atoms with Gasteiger partial charge in [0.1, 0.15) is 6.61 Å². The van der Waals surface area contributed by atoms with E-state index in [1.807, 2.05) is 18.2 Å². The summed E-state index contributed by atoms with van der Waals surface area (Å²) in [6.07, 6.45) is 0. The lowest BCUT2D eigenvalue weighted by atomic mass is 10.2. The summed E-state index contributed by atoms with van der Waals surface area (Å²) >= 11 is 0. The predicted octanol–water partition coefficient (Wildman–Crippen LogP) is 0.693. The molecule has 0 amide bonds. The summed E-state index contributed by atoms with van der Waals surface area (Å²) in [4.78, 5) is 4.11. The second kappa shape index (κ2) is 3.49. The highest BCUT2D eigenvalue weighted by Crippen LogP contribution is 2.34. The van der Waals surface area contributed by atoms with Crippen LogP contribution in [0.1, 0.15) is 5.82 Å². The topological polar surface area (TPSA) is 80.3 Å². The third-order valence-corrected chi connectivity index (χ3v) is 2.31. The SMILES string of the molecule is OCc1nc(-c2ccc3c(c2)OCO3)n[nH]1. The van der Waals surface area contributed by atoms with Crippen molar-refractivity contribution in [1.82, 2.24) is 15.2 Å². The molecule has 0 radical (unpaired) electrons. The van der Waals surface area contributed by atoms with Crippen LogP contribution in [0.15, 0.2) is 18.2 Å². The summed E-state index contributed by atoms with van der Waals surface area (Å²) < 4.78 is 10.5. The number of fused-ring (bicyclic) bond motifs is 1. The minimum atomic E-state index is -0.155. The maximum absolute atomic E-state index is 8.87. The molecule has 2 heterocycles. The first-order chi connectivity index (χ1) is 7.86. The number of aromatic amines is 1. The second-order valence-electron chi connectivity index (χ2n) is 3.33. The number of H-pyrrole nitrogens is 1. The molecule has 3 rings (SSSR count). The van der Waals surface area contributed by atoms with Crippen molar-refractivity contribution in [1.29, 1.82) is 0 Å². The van der Waals surface area contributed by atoms with Crippen LogP contribution in [-0.2, 0) is 6.61 Å². The van der Waals surface area contributed by atoms with Crippen molar-refractivity contribution in [2.45, 2.75) is 6.61 Å². The molecule has 2 N–H and O–H groups in total. The second-order valence-corrected chi connectivity index (χ2v) is 3.33. The molecule has 6 nitrogen and oxygen atoms in total. The smallest absolute Gasteiger partial charge is 0.231 e. The van der Waals surface area contributed by atoms with Crippen molar-refractivity contribution >= 4 is 0 Å². The van der Waals surface area contributed by atoms with Crippen LogP contribution in [0.25, 0.3) is 11.4 Å². The van der Waals surface area contributed by atoms with Crippen LogP contribution in [0.5, 0.6) is 11.5 Å². The molecular formula is C10H9N3O3. The lowest BCUT2D eigenvalue weighted by Gasteiger charge is -1.97. The Balaban J connectivity index is 2.00. The van der Waals surface area contributed by atoms with Crippen molar-refractivity contribution < 1.29 is 14.6 Å². The molecule has 82 valence electrons. The summed E-state index contributed by atoms with van der Waals surface area (Å²) in [5.41, 5.74) is 0.820. The average Bonchev–Trinajstić information content (AvgIpc) is 2.96. The summed E-state index contributed by atoms with van der Waals surface area (Å²) in [5, 5.41) is 15.5. The third kappa shape index (κ3) is 1.40. The molecule has 0 spiro atoms. The minimum absolute atomic E-state index is 0.155. The van der Waals surface area contributed by atoms with Crippen molar-refractivity contribution in [3.63, 3.8) is 0 Å². The molecule has 1 aromatic heterocycles. The number of nitrogens with zero attached hydrogens (tertiary/aromatic N) is 2. The quantitative estimate of drug-likeness (QED) is 0.776. The predicted molar refractivity (Wildman–Crippen MR) is 53.9 cm³/mol. The number of rotatable bonds is 2. The van der Waals surface area contributed by atoms with E-state index in [-0.39, 0.29) is 13.4 Å². The molecule has 6 heteroatoms. The van der Waals surface area contributed by atoms with Crippen molar-refractivity contribution in [3.05, 3.63) is 24.0 Å². The van der Waals surface area contributed by atoms with E-state index in [0.717, 1.165) is 11.3 Å². The standard InChI is InChI=1S/C10H9N3O3/c14-4-9-11-10(13-12-9)6-1-2-7-8(3-6)16-5-15-7/h1-3,14H,4-5H2,(H,11,12,13). The van der Waals surface area contributed by atoms with E-state index < -0.39 is 0 Å². The van der Waals surface area contributed by atoms with Gasteiger partial charge in [0.25, 0.3) is 0 Å². The van der Waals surface area contributed by atoms with Gasteiger partial charge >= 0.3 is 0 Å². The average molecular weight is 219 g/mol. The molecule has 1 aliphatic rings. The van der Waals surface area contributed by atoms with Crippen molar-refractivity contribution in [3.8, 4) is 22.9 Å². The van der Waals surface area contributed by atoms with Crippen LogP contribution in [0.2, 0.25) is 0 Å². The van der Waals surface area contributed by atoms with Gasteiger partial charge in [-0.3, -0.25) is 5.10 Å². The van der Waals surface area contributed by atoms with Gasteiger partial charge in [0.2, 0.25) is 6.79 Å². The van der Waals surface area contributed by atoms with Gasteiger partial charge in [-0.15, -0.1) is 0 Å². The highest BCUT2D eigenvalue weighted by molar-refractivity contribution is 5.61. The Bertz CT molecular complexity index is 524. The molecule has 0 saturated heterocycles. The summed E-state index contributed by atoms with van der Waals surface area (Å²) in [5.74, 6) is 2.38. The zero-order valence-electron chi connectivity index (χ0n) is 8.30. The Kier molecular flexibility index (Phi) is 2.00. The normalized spacial score (nSPS) is 13.1. The number of aliphatic hydroxyl groups is 1. The lowest BCUT2D eigenvalue weighted by molar-refractivity contribution is 0.174. The fourth-order valence-corrected chi connectivity index (χ4v) is 1.53. The number of nitrogens with one attached hydrogen (secondary N) is 1. The van der Waals surface area contributed by atoms with Crippen LogP contribution in [-0.4, -0.2) is 27.1 Å². The van der Waals surface area contributed by atoms with Gasteiger partial charge in [-0.2, -0.15) is 5.10 Å². The van der Waals surface area contributed by atoms with Gasteiger partial charge in [-0.05, 0) is 18.2 Å². The van der Waals surface area contributed by atoms with E-state index in [1.54, 1.807) is 0 Å². The Labute approximate surface area is 90.9 Å². The number of aliphatic hydroxyl groups excluding tert-OH is 1. The summed E-state index contributed by atoms with van der Waals surface area (Å²) in [7, 11) is 0. The molecule has 0 bridgehead atoms. The van der Waals surface area contributed by atoms with E-state index in [1.165, 1.54) is 0 Å². The monoisotopic (exact) mass is 219 g/mol. The van der Waals surface area contributed by atoms with Gasteiger partial charge in [-0.25, -0.2) is 4.98 Å². The van der Waals surface area contributed by atoms with Gasteiger partial charge < -0.3 is 14.6 Å². The van der Waals surface area contributed by atoms with E-state index in [2.05, 4.69) is 15.2 Å². The van der Waals surface area contributed by atoms with Crippen LogP contribution in [0.4, 0.5) is 0 Å². The fraction of sp³-hybridized carbons (Fsp3) is 0.200. The fourth-order valence-electron chi connectivity index (χ4n) is 1.53. The number of benzene rings is 1. The maximum Gasteiger partial charge on any atom is 0.231 e. The molecular weight excluding hydrogens is 210 g/mol. The molecule has 0 unspecified atom stereocenters. The van der Waals surface area contributed by atoms with Crippen molar-refractivity contribution in [2.75, 3.05) is 6.79 Å². The van der Waals surface area contributed by atoms with E-state index in [9.17, 15) is 0 Å². The zero-order valence-corrected chi connectivity index (χ0v) is 8.30. The van der Waals surface area contributed by atoms with Crippen LogP contribution in [0, 0.1) is 0 Å². The first-order valence-corrected chi connectivity index (χ1v) is 4.79. The summed E-state index contributed by atoms with van der Waals surface area (Å²) in [6, 6.07) is 5.47. The molecule has 1 aliphatic heterocycles. The van der Waals surface area contributed by atoms with Crippen LogP contribution < -0.4 is 9.47 Å². The Morgan fingerprint density at radius 3 is 3.00 bits per heavy atom. The van der Waals surface area contributed by atoms with Gasteiger partial charge in [0.05, 0.1) is 0 Å². The van der Waals surface area contributed by atoms with E-state index in [0.29, 0.717) is 17.4 Å². The number of hydrogen-bond acceptors (Lipinski definition) is 5.